The zero-order valence-electron chi connectivity index (χ0n) is 15.8. The summed E-state index contributed by atoms with van der Waals surface area (Å²) in [6.07, 6.45) is 1.99. The summed E-state index contributed by atoms with van der Waals surface area (Å²) in [5.41, 5.74) is 5.47. The topological polar surface area (TPSA) is 112 Å². The Bertz CT molecular complexity index is 1130. The van der Waals surface area contributed by atoms with Crippen LogP contribution in [0.4, 0.5) is 17.3 Å². The summed E-state index contributed by atoms with van der Waals surface area (Å²) in [5.74, 6) is 1.78. The predicted octanol–water partition coefficient (Wildman–Crippen LogP) is 2.57. The lowest BCUT2D eigenvalue weighted by molar-refractivity contribution is -0.117. The van der Waals surface area contributed by atoms with E-state index in [0.717, 1.165) is 40.0 Å². The molecule has 29 heavy (non-hydrogen) atoms. The molecule has 0 bridgehead atoms. The van der Waals surface area contributed by atoms with Gasteiger partial charge in [0.05, 0.1) is 0 Å². The lowest BCUT2D eigenvalue weighted by Gasteiger charge is -2.08. The second-order valence-electron chi connectivity index (χ2n) is 7.04. The fourth-order valence-electron chi connectivity index (χ4n) is 2.97. The Balaban J connectivity index is 1.39. The molecular weight excluding hydrogens is 388 g/mol. The molecule has 0 saturated heterocycles. The van der Waals surface area contributed by atoms with Gasteiger partial charge >= 0.3 is 0 Å². The molecule has 4 N–H and O–H groups in total. The van der Waals surface area contributed by atoms with Gasteiger partial charge in [0.2, 0.25) is 5.91 Å². The quantitative estimate of drug-likeness (QED) is 0.483. The number of hydrogen-bond acceptors (Lipinski definition) is 7. The van der Waals surface area contributed by atoms with E-state index < -0.39 is 0 Å². The number of aromatic nitrogens is 4. The van der Waals surface area contributed by atoms with Crippen LogP contribution >= 0.6 is 11.8 Å². The Morgan fingerprint density at radius 3 is 2.83 bits per heavy atom. The average molecular weight is 408 g/mol. The van der Waals surface area contributed by atoms with Crippen molar-refractivity contribution in [3.8, 4) is 0 Å². The number of hydrogen-bond donors (Lipinski definition) is 4. The smallest absolute Gasteiger partial charge is 0.253 e. The molecule has 1 amide bonds. The number of amides is 1. The zero-order chi connectivity index (χ0) is 19.8. The molecule has 5 rings (SSSR count). The van der Waals surface area contributed by atoms with Gasteiger partial charge in [-0.1, -0.05) is 11.8 Å². The third kappa shape index (κ3) is 3.97. The highest BCUT2D eigenvalue weighted by molar-refractivity contribution is 7.99. The Labute approximate surface area is 171 Å². The molecule has 0 atom stereocenters. The summed E-state index contributed by atoms with van der Waals surface area (Å²) < 4.78 is 1.81. The summed E-state index contributed by atoms with van der Waals surface area (Å²) in [7, 11) is 0. The standard InChI is InChI=1S/C19H20N8OS/c1-11-8-15(26-25-11)23-19-24-17(9-16-20-10-21-27(16)19)29-14-6-4-13(5-7-14)22-18(28)12-2-3-12/h4-9,12,20-21H,2-3,10H2,1H3,(H,22,28)(H,25,26). The Morgan fingerprint density at radius 2 is 2.10 bits per heavy atom. The fraction of sp³-hybridized carbons (Fsp3) is 0.263. The van der Waals surface area contributed by atoms with Gasteiger partial charge in [-0.3, -0.25) is 9.89 Å². The van der Waals surface area contributed by atoms with Crippen LogP contribution in [-0.4, -0.2) is 32.4 Å². The minimum Gasteiger partial charge on any atom is -0.351 e. The molecule has 1 aromatic carbocycles. The average Bonchev–Trinajstić information content (AvgIpc) is 3.32. The minimum atomic E-state index is 0.112. The normalized spacial score (nSPS) is 15.6. The highest BCUT2D eigenvalue weighted by atomic mass is 32.2. The van der Waals surface area contributed by atoms with Crippen LogP contribution in [0.25, 0.3) is 0 Å². The van der Waals surface area contributed by atoms with Crippen molar-refractivity contribution in [3.05, 3.63) is 47.7 Å². The number of nitrogens with zero attached hydrogens (tertiary/aromatic N) is 4. The van der Waals surface area contributed by atoms with E-state index in [2.05, 4.69) is 36.2 Å². The van der Waals surface area contributed by atoms with Crippen molar-refractivity contribution in [3.63, 3.8) is 0 Å². The molecule has 0 unspecified atom stereocenters. The van der Waals surface area contributed by atoms with E-state index in [-0.39, 0.29) is 11.8 Å². The molecule has 0 radical (unpaired) electrons. The number of carbonyl (C=O) groups excluding carboxylic acids is 1. The molecule has 2 aromatic heterocycles. The van der Waals surface area contributed by atoms with Crippen LogP contribution in [0.15, 0.2) is 51.3 Å². The maximum Gasteiger partial charge on any atom is 0.253 e. The van der Waals surface area contributed by atoms with Crippen molar-refractivity contribution in [1.82, 2.24) is 19.9 Å². The number of carbonyl (C=O) groups is 1. The summed E-state index contributed by atoms with van der Waals surface area (Å²) in [6, 6.07) is 11.6. The number of H-pyrrole nitrogens is 1. The molecule has 1 fully saturated rings. The number of nitrogens with one attached hydrogen (secondary N) is 4. The van der Waals surface area contributed by atoms with Gasteiger partial charge < -0.3 is 16.1 Å². The Kier molecular flexibility index (Phi) is 4.47. The molecule has 1 saturated carbocycles. The summed E-state index contributed by atoms with van der Waals surface area (Å²) in [5, 5.41) is 14.1. The first-order chi connectivity index (χ1) is 14.1. The van der Waals surface area contributed by atoms with Crippen LogP contribution in [0.2, 0.25) is 0 Å². The Morgan fingerprint density at radius 1 is 1.28 bits per heavy atom. The number of anilines is 2. The van der Waals surface area contributed by atoms with Gasteiger partial charge in [0.1, 0.15) is 17.5 Å². The van der Waals surface area contributed by atoms with E-state index in [4.69, 9.17) is 0 Å². The largest absolute Gasteiger partial charge is 0.351 e. The maximum absolute atomic E-state index is 11.9. The summed E-state index contributed by atoms with van der Waals surface area (Å²) in [6.45, 7) is 2.53. The third-order valence-corrected chi connectivity index (χ3v) is 5.54. The molecule has 9 nitrogen and oxygen atoms in total. The van der Waals surface area contributed by atoms with E-state index in [1.807, 2.05) is 48.0 Å². The first kappa shape index (κ1) is 17.8. The number of fused-ring (bicyclic) bond motifs is 1. The van der Waals surface area contributed by atoms with Crippen LogP contribution in [-0.2, 0) is 4.79 Å². The highest BCUT2D eigenvalue weighted by Crippen LogP contribution is 2.31. The van der Waals surface area contributed by atoms with Gasteiger partial charge in [0, 0.05) is 34.3 Å². The monoisotopic (exact) mass is 408 g/mol. The number of rotatable bonds is 5. The molecule has 1 aliphatic carbocycles. The lowest BCUT2D eigenvalue weighted by atomic mass is 10.3. The minimum absolute atomic E-state index is 0.112. The van der Waals surface area contributed by atoms with Gasteiger partial charge in [-0.15, -0.1) is 0 Å². The number of aromatic amines is 1. The second-order valence-corrected chi connectivity index (χ2v) is 8.13. The van der Waals surface area contributed by atoms with Crippen molar-refractivity contribution < 1.29 is 4.79 Å². The SMILES string of the molecule is Cc1cc(N=c2nc(Sc3ccc(NC(=O)C4CC4)cc3)cc3n2NCN3)n[nH]1. The van der Waals surface area contributed by atoms with E-state index in [1.165, 1.54) is 11.8 Å². The number of benzene rings is 1. The van der Waals surface area contributed by atoms with Crippen LogP contribution in [0, 0.1) is 12.8 Å². The van der Waals surface area contributed by atoms with E-state index in [0.29, 0.717) is 18.1 Å². The third-order valence-electron chi connectivity index (χ3n) is 4.62. The summed E-state index contributed by atoms with van der Waals surface area (Å²) >= 11 is 1.54. The molecular formula is C19H20N8OS. The van der Waals surface area contributed by atoms with E-state index in [9.17, 15) is 4.79 Å². The van der Waals surface area contributed by atoms with Crippen molar-refractivity contribution in [2.45, 2.75) is 29.7 Å². The van der Waals surface area contributed by atoms with Gasteiger partial charge in [0.15, 0.2) is 5.82 Å². The van der Waals surface area contributed by atoms with E-state index in [1.54, 1.807) is 0 Å². The highest BCUT2D eigenvalue weighted by Gasteiger charge is 2.29. The molecule has 3 heterocycles. The summed E-state index contributed by atoms with van der Waals surface area (Å²) in [4.78, 5) is 22.1. The molecule has 10 heteroatoms. The van der Waals surface area contributed by atoms with Crippen molar-refractivity contribution in [1.29, 1.82) is 0 Å². The molecule has 3 aromatic rings. The van der Waals surface area contributed by atoms with Crippen LogP contribution in [0.5, 0.6) is 0 Å². The maximum atomic E-state index is 11.9. The van der Waals surface area contributed by atoms with Crippen molar-refractivity contribution >= 4 is 35.0 Å². The zero-order valence-corrected chi connectivity index (χ0v) is 16.6. The number of aryl methyl sites for hydroxylation is 1. The molecule has 1 aliphatic heterocycles. The van der Waals surface area contributed by atoms with Gasteiger partial charge in [-0.2, -0.15) is 10.1 Å². The van der Waals surface area contributed by atoms with Crippen LogP contribution in [0.3, 0.4) is 0 Å². The second kappa shape index (κ2) is 7.28. The van der Waals surface area contributed by atoms with Crippen LogP contribution < -0.4 is 21.7 Å². The predicted molar refractivity (Wildman–Crippen MR) is 111 cm³/mol. The first-order valence-electron chi connectivity index (χ1n) is 9.41. The van der Waals surface area contributed by atoms with Gasteiger partial charge in [-0.05, 0) is 44.0 Å². The molecule has 0 spiro atoms. The van der Waals surface area contributed by atoms with Gasteiger partial charge in [-0.25, -0.2) is 9.66 Å². The lowest BCUT2D eigenvalue weighted by Crippen LogP contribution is -2.28. The molecule has 2 aliphatic rings. The van der Waals surface area contributed by atoms with Crippen molar-refractivity contribution in [2.24, 2.45) is 10.9 Å². The molecule has 148 valence electrons. The van der Waals surface area contributed by atoms with Crippen molar-refractivity contribution in [2.75, 3.05) is 22.7 Å². The van der Waals surface area contributed by atoms with Crippen LogP contribution in [0.1, 0.15) is 18.5 Å². The first-order valence-corrected chi connectivity index (χ1v) is 10.2. The fourth-order valence-corrected chi connectivity index (χ4v) is 3.78. The Hall–Kier alpha value is -3.27. The van der Waals surface area contributed by atoms with E-state index >= 15 is 0 Å². The van der Waals surface area contributed by atoms with Gasteiger partial charge in [0.25, 0.3) is 5.62 Å².